The highest BCUT2D eigenvalue weighted by atomic mass is 16.6. The minimum atomic E-state index is -0.471. The number of para-hydroxylation sites is 1. The van der Waals surface area contributed by atoms with E-state index in [0.29, 0.717) is 19.0 Å². The number of hydrogen-bond donors (Lipinski definition) is 0. The van der Waals surface area contributed by atoms with E-state index in [-0.39, 0.29) is 24.1 Å². The maximum Gasteiger partial charge on any atom is 0.314 e. The summed E-state index contributed by atoms with van der Waals surface area (Å²) in [4.78, 5) is 10.7. The van der Waals surface area contributed by atoms with Gasteiger partial charge in [-0.2, -0.15) is 0 Å². The number of nitro groups is 1. The van der Waals surface area contributed by atoms with E-state index in [4.69, 9.17) is 14.2 Å². The Morgan fingerprint density at radius 3 is 2.59 bits per heavy atom. The first kappa shape index (κ1) is 14.3. The van der Waals surface area contributed by atoms with Crippen LogP contribution in [0.2, 0.25) is 0 Å². The van der Waals surface area contributed by atoms with Crippen LogP contribution in [-0.4, -0.2) is 24.2 Å². The molecule has 0 N–H and O–H groups in total. The second-order valence-electron chi connectivity index (χ2n) is 4.90. The quantitative estimate of drug-likeness (QED) is 0.446. The van der Waals surface area contributed by atoms with E-state index < -0.39 is 4.92 Å². The highest BCUT2D eigenvalue weighted by molar-refractivity contribution is 5.55. The van der Waals surface area contributed by atoms with Crippen LogP contribution in [0.25, 0.3) is 0 Å². The number of ether oxygens (including phenoxy) is 3. The highest BCUT2D eigenvalue weighted by Crippen LogP contribution is 2.37. The number of hydrogen-bond acceptors (Lipinski definition) is 5. The Kier molecular flexibility index (Phi) is 4.20. The summed E-state index contributed by atoms with van der Waals surface area (Å²) in [5.41, 5.74) is 0.822. The molecule has 1 aliphatic heterocycles. The van der Waals surface area contributed by atoms with E-state index in [2.05, 4.69) is 0 Å². The third kappa shape index (κ3) is 3.53. The molecule has 2 aromatic rings. The normalized spacial score (nSPS) is 16.1. The van der Waals surface area contributed by atoms with Gasteiger partial charge in [-0.15, -0.1) is 0 Å². The van der Waals surface area contributed by atoms with E-state index in [9.17, 15) is 10.1 Å². The molecule has 6 nitrogen and oxygen atoms in total. The Labute approximate surface area is 127 Å². The molecule has 0 unspecified atom stereocenters. The molecule has 0 radical (unpaired) electrons. The Morgan fingerprint density at radius 1 is 1.14 bits per heavy atom. The summed E-state index contributed by atoms with van der Waals surface area (Å²) in [7, 11) is 0. The molecule has 6 heteroatoms. The summed E-state index contributed by atoms with van der Waals surface area (Å²) in [6.45, 7) is 1.26. The maximum absolute atomic E-state index is 11.2. The summed E-state index contributed by atoms with van der Waals surface area (Å²) in [6, 6.07) is 14.1. The van der Waals surface area contributed by atoms with Gasteiger partial charge in [-0.05, 0) is 11.6 Å². The molecule has 0 bridgehead atoms. The first-order valence-electron chi connectivity index (χ1n) is 6.92. The SMILES string of the molecule is O=[N+]([O-])c1cccc(OC[C@@H]2CO2)c1OCc1ccccc1. The maximum atomic E-state index is 11.2. The van der Waals surface area contributed by atoms with Crippen molar-refractivity contribution in [2.24, 2.45) is 0 Å². The number of nitro benzene ring substituents is 1. The van der Waals surface area contributed by atoms with Gasteiger partial charge in [-0.1, -0.05) is 36.4 Å². The number of rotatable bonds is 7. The van der Waals surface area contributed by atoms with E-state index in [1.165, 1.54) is 6.07 Å². The van der Waals surface area contributed by atoms with Gasteiger partial charge >= 0.3 is 5.69 Å². The number of benzene rings is 2. The molecule has 1 fully saturated rings. The minimum Gasteiger partial charge on any atom is -0.487 e. The smallest absolute Gasteiger partial charge is 0.314 e. The van der Waals surface area contributed by atoms with E-state index in [1.807, 2.05) is 30.3 Å². The third-order valence-electron chi connectivity index (χ3n) is 3.21. The predicted octanol–water partition coefficient (Wildman–Crippen LogP) is 2.95. The molecule has 0 aliphatic carbocycles. The van der Waals surface area contributed by atoms with Gasteiger partial charge in [0.15, 0.2) is 5.75 Å². The van der Waals surface area contributed by atoms with Crippen molar-refractivity contribution in [3.05, 3.63) is 64.2 Å². The summed E-state index contributed by atoms with van der Waals surface area (Å²) >= 11 is 0. The van der Waals surface area contributed by atoms with Crippen molar-refractivity contribution in [2.45, 2.75) is 12.7 Å². The van der Waals surface area contributed by atoms with Crippen molar-refractivity contribution < 1.29 is 19.1 Å². The van der Waals surface area contributed by atoms with Crippen LogP contribution in [0.4, 0.5) is 5.69 Å². The van der Waals surface area contributed by atoms with Gasteiger partial charge < -0.3 is 14.2 Å². The number of epoxide rings is 1. The van der Waals surface area contributed by atoms with E-state index in [0.717, 1.165) is 5.56 Å². The largest absolute Gasteiger partial charge is 0.487 e. The van der Waals surface area contributed by atoms with Gasteiger partial charge in [0.25, 0.3) is 0 Å². The fraction of sp³-hybridized carbons (Fsp3) is 0.250. The summed E-state index contributed by atoms with van der Waals surface area (Å²) < 4.78 is 16.3. The van der Waals surface area contributed by atoms with Crippen LogP contribution in [0.15, 0.2) is 48.5 Å². The van der Waals surface area contributed by atoms with Gasteiger partial charge in [0, 0.05) is 6.07 Å². The fourth-order valence-electron chi connectivity index (χ4n) is 1.98. The van der Waals surface area contributed by atoms with E-state index >= 15 is 0 Å². The van der Waals surface area contributed by atoms with Crippen LogP contribution in [-0.2, 0) is 11.3 Å². The Balaban J connectivity index is 1.79. The molecule has 1 atom stereocenters. The molecular weight excluding hydrogens is 286 g/mol. The molecule has 3 rings (SSSR count). The Hall–Kier alpha value is -2.60. The number of nitrogens with zero attached hydrogens (tertiary/aromatic N) is 1. The first-order valence-corrected chi connectivity index (χ1v) is 6.92. The predicted molar refractivity (Wildman–Crippen MR) is 79.1 cm³/mol. The molecule has 0 amide bonds. The zero-order valence-electron chi connectivity index (χ0n) is 11.8. The molecule has 0 aromatic heterocycles. The van der Waals surface area contributed by atoms with Crippen LogP contribution in [0, 0.1) is 10.1 Å². The monoisotopic (exact) mass is 301 g/mol. The summed E-state index contributed by atoms with van der Waals surface area (Å²) in [5, 5.41) is 11.2. The molecular formula is C16H15NO5. The van der Waals surface area contributed by atoms with E-state index in [1.54, 1.807) is 12.1 Å². The topological polar surface area (TPSA) is 74.1 Å². The second-order valence-corrected chi connectivity index (χ2v) is 4.90. The summed E-state index contributed by atoms with van der Waals surface area (Å²) in [6.07, 6.45) is 0.0706. The van der Waals surface area contributed by atoms with Crippen molar-refractivity contribution >= 4 is 5.69 Å². The minimum absolute atomic E-state index is 0.0706. The van der Waals surface area contributed by atoms with Crippen LogP contribution in [0.3, 0.4) is 0 Å². The van der Waals surface area contributed by atoms with Crippen molar-refractivity contribution in [1.29, 1.82) is 0 Å². The molecule has 114 valence electrons. The molecule has 0 spiro atoms. The van der Waals surface area contributed by atoms with Crippen molar-refractivity contribution in [3.8, 4) is 11.5 Å². The lowest BCUT2D eigenvalue weighted by molar-refractivity contribution is -0.386. The van der Waals surface area contributed by atoms with Crippen molar-refractivity contribution in [3.63, 3.8) is 0 Å². The lowest BCUT2D eigenvalue weighted by Crippen LogP contribution is -2.07. The molecule has 1 saturated heterocycles. The molecule has 1 aliphatic rings. The zero-order valence-corrected chi connectivity index (χ0v) is 11.8. The molecule has 0 saturated carbocycles. The second kappa shape index (κ2) is 6.44. The van der Waals surface area contributed by atoms with Crippen LogP contribution < -0.4 is 9.47 Å². The highest BCUT2D eigenvalue weighted by Gasteiger charge is 2.26. The Bertz CT molecular complexity index is 655. The lowest BCUT2D eigenvalue weighted by atomic mass is 10.2. The summed E-state index contributed by atoms with van der Waals surface area (Å²) in [5.74, 6) is 0.512. The van der Waals surface area contributed by atoms with Crippen molar-refractivity contribution in [1.82, 2.24) is 0 Å². The average molecular weight is 301 g/mol. The Morgan fingerprint density at radius 2 is 1.91 bits per heavy atom. The zero-order chi connectivity index (χ0) is 15.4. The fourth-order valence-corrected chi connectivity index (χ4v) is 1.98. The average Bonchev–Trinajstić information content (AvgIpc) is 3.36. The van der Waals surface area contributed by atoms with Gasteiger partial charge in [-0.3, -0.25) is 10.1 Å². The van der Waals surface area contributed by atoms with Crippen LogP contribution in [0.1, 0.15) is 5.56 Å². The van der Waals surface area contributed by atoms with Crippen LogP contribution in [0.5, 0.6) is 11.5 Å². The van der Waals surface area contributed by atoms with Gasteiger partial charge in [0.2, 0.25) is 5.75 Å². The first-order chi connectivity index (χ1) is 10.7. The van der Waals surface area contributed by atoms with Crippen molar-refractivity contribution in [2.75, 3.05) is 13.2 Å². The van der Waals surface area contributed by atoms with Crippen LogP contribution >= 0.6 is 0 Å². The van der Waals surface area contributed by atoms with Gasteiger partial charge in [-0.25, -0.2) is 0 Å². The molecule has 22 heavy (non-hydrogen) atoms. The van der Waals surface area contributed by atoms with Gasteiger partial charge in [0.05, 0.1) is 11.5 Å². The third-order valence-corrected chi connectivity index (χ3v) is 3.21. The van der Waals surface area contributed by atoms with Gasteiger partial charge in [0.1, 0.15) is 19.3 Å². The molecule has 2 aromatic carbocycles. The standard InChI is InChI=1S/C16H15NO5/c18-17(19)14-7-4-8-15(21-11-13-10-20-13)16(14)22-9-12-5-2-1-3-6-12/h1-8,13H,9-11H2/t13-/m0/s1. The lowest BCUT2D eigenvalue weighted by Gasteiger charge is -2.12. The molecule has 1 heterocycles.